The van der Waals surface area contributed by atoms with Crippen molar-refractivity contribution in [2.45, 2.75) is 12.5 Å². The SMILES string of the molecule is CNC(Cc1ccc(Br)s1)c1cscn1. The van der Waals surface area contributed by atoms with Crippen LogP contribution in [0.2, 0.25) is 0 Å². The zero-order valence-corrected chi connectivity index (χ0v) is 11.5. The normalized spacial score (nSPS) is 12.9. The molecule has 0 amide bonds. The minimum absolute atomic E-state index is 0.321. The molecule has 1 unspecified atom stereocenters. The van der Waals surface area contributed by atoms with Crippen molar-refractivity contribution in [3.63, 3.8) is 0 Å². The van der Waals surface area contributed by atoms with E-state index >= 15 is 0 Å². The van der Waals surface area contributed by atoms with Crippen LogP contribution < -0.4 is 5.32 Å². The predicted molar refractivity (Wildman–Crippen MR) is 69.6 cm³/mol. The average molecular weight is 303 g/mol. The highest BCUT2D eigenvalue weighted by Gasteiger charge is 2.12. The highest BCUT2D eigenvalue weighted by molar-refractivity contribution is 9.11. The summed E-state index contributed by atoms with van der Waals surface area (Å²) in [4.78, 5) is 5.71. The van der Waals surface area contributed by atoms with Crippen molar-refractivity contribution in [1.29, 1.82) is 0 Å². The Morgan fingerprint density at radius 1 is 1.53 bits per heavy atom. The van der Waals surface area contributed by atoms with Gasteiger partial charge in [-0.05, 0) is 35.1 Å². The maximum atomic E-state index is 4.34. The van der Waals surface area contributed by atoms with Gasteiger partial charge in [0.05, 0.1) is 21.0 Å². The molecule has 2 rings (SSSR count). The Kier molecular flexibility index (Phi) is 3.91. The summed E-state index contributed by atoms with van der Waals surface area (Å²) in [6, 6.07) is 4.57. The second-order valence-electron chi connectivity index (χ2n) is 3.16. The molecule has 0 fully saturated rings. The lowest BCUT2D eigenvalue weighted by Crippen LogP contribution is -2.18. The molecular weight excluding hydrogens is 292 g/mol. The molecular formula is C10H11BrN2S2. The Bertz CT molecular complexity index is 411. The van der Waals surface area contributed by atoms with Crippen LogP contribution >= 0.6 is 38.6 Å². The van der Waals surface area contributed by atoms with E-state index in [2.05, 4.69) is 43.7 Å². The Morgan fingerprint density at radius 3 is 2.93 bits per heavy atom. The molecule has 0 radical (unpaired) electrons. The van der Waals surface area contributed by atoms with E-state index in [1.54, 1.807) is 22.7 Å². The van der Waals surface area contributed by atoms with E-state index in [1.807, 2.05) is 12.6 Å². The molecule has 2 heterocycles. The van der Waals surface area contributed by atoms with Crippen molar-refractivity contribution in [3.8, 4) is 0 Å². The first-order chi connectivity index (χ1) is 7.29. The van der Waals surface area contributed by atoms with E-state index < -0.39 is 0 Å². The molecule has 0 saturated heterocycles. The Labute approximate surface area is 106 Å². The van der Waals surface area contributed by atoms with Crippen molar-refractivity contribution in [3.05, 3.63) is 37.4 Å². The topological polar surface area (TPSA) is 24.9 Å². The quantitative estimate of drug-likeness (QED) is 0.935. The van der Waals surface area contributed by atoms with E-state index in [-0.39, 0.29) is 0 Å². The molecule has 0 aliphatic carbocycles. The summed E-state index contributed by atoms with van der Waals surface area (Å²) in [6.45, 7) is 0. The molecule has 1 N–H and O–H groups in total. The van der Waals surface area contributed by atoms with Gasteiger partial charge in [0.2, 0.25) is 0 Å². The number of thiophene rings is 1. The summed E-state index contributed by atoms with van der Waals surface area (Å²) < 4.78 is 1.19. The fourth-order valence-corrected chi connectivity index (χ4v) is 3.55. The van der Waals surface area contributed by atoms with Crippen LogP contribution in [0, 0.1) is 0 Å². The van der Waals surface area contributed by atoms with Gasteiger partial charge in [-0.1, -0.05) is 0 Å². The molecule has 0 saturated carbocycles. The summed E-state index contributed by atoms with van der Waals surface area (Å²) in [5.74, 6) is 0. The number of hydrogen-bond donors (Lipinski definition) is 1. The highest BCUT2D eigenvalue weighted by Crippen LogP contribution is 2.26. The lowest BCUT2D eigenvalue weighted by atomic mass is 10.1. The monoisotopic (exact) mass is 302 g/mol. The van der Waals surface area contributed by atoms with Gasteiger partial charge in [-0.15, -0.1) is 22.7 Å². The summed E-state index contributed by atoms with van der Waals surface area (Å²) in [5.41, 5.74) is 3.01. The lowest BCUT2D eigenvalue weighted by molar-refractivity contribution is 0.583. The maximum absolute atomic E-state index is 4.34. The largest absolute Gasteiger partial charge is 0.311 e. The van der Waals surface area contributed by atoms with Crippen molar-refractivity contribution in [1.82, 2.24) is 10.3 Å². The van der Waals surface area contributed by atoms with Gasteiger partial charge in [0.15, 0.2) is 0 Å². The van der Waals surface area contributed by atoms with E-state index in [1.165, 1.54) is 8.66 Å². The summed E-state index contributed by atoms with van der Waals surface area (Å²) >= 11 is 6.90. The number of thiazole rings is 1. The van der Waals surface area contributed by atoms with Gasteiger partial charge < -0.3 is 5.32 Å². The number of aromatic nitrogens is 1. The van der Waals surface area contributed by atoms with Gasteiger partial charge in [0.1, 0.15) is 0 Å². The van der Waals surface area contributed by atoms with E-state index in [4.69, 9.17) is 0 Å². The summed E-state index contributed by atoms with van der Waals surface area (Å²) in [6.07, 6.45) is 0.997. The van der Waals surface area contributed by atoms with Crippen LogP contribution in [-0.2, 0) is 6.42 Å². The molecule has 0 spiro atoms. The first kappa shape index (κ1) is 11.3. The molecule has 15 heavy (non-hydrogen) atoms. The molecule has 0 aliphatic heterocycles. The first-order valence-electron chi connectivity index (χ1n) is 4.59. The average Bonchev–Trinajstić information content (AvgIpc) is 2.85. The van der Waals surface area contributed by atoms with E-state index in [0.29, 0.717) is 6.04 Å². The van der Waals surface area contributed by atoms with Gasteiger partial charge in [0, 0.05) is 16.7 Å². The van der Waals surface area contributed by atoms with E-state index in [0.717, 1.165) is 12.1 Å². The highest BCUT2D eigenvalue weighted by atomic mass is 79.9. The molecule has 0 bridgehead atoms. The smallest absolute Gasteiger partial charge is 0.0795 e. The number of rotatable bonds is 4. The number of nitrogens with zero attached hydrogens (tertiary/aromatic N) is 1. The number of likely N-dealkylation sites (N-methyl/N-ethyl adjacent to an activating group) is 1. The predicted octanol–water partition coefficient (Wildman–Crippen LogP) is 3.47. The zero-order valence-electron chi connectivity index (χ0n) is 8.24. The van der Waals surface area contributed by atoms with Crippen molar-refractivity contribution in [2.75, 3.05) is 7.05 Å². The summed E-state index contributed by atoms with van der Waals surface area (Å²) in [5, 5.41) is 5.40. The number of halogens is 1. The molecule has 0 aromatic carbocycles. The fourth-order valence-electron chi connectivity index (χ4n) is 1.41. The Balaban J connectivity index is 2.09. The van der Waals surface area contributed by atoms with Crippen LogP contribution in [0.3, 0.4) is 0 Å². The third-order valence-corrected chi connectivity index (χ3v) is 4.44. The van der Waals surface area contributed by atoms with Crippen LogP contribution in [0.1, 0.15) is 16.6 Å². The molecule has 2 aromatic rings. The third kappa shape index (κ3) is 2.87. The van der Waals surface area contributed by atoms with Crippen LogP contribution in [0.25, 0.3) is 0 Å². The van der Waals surface area contributed by atoms with Crippen molar-refractivity contribution >= 4 is 38.6 Å². The standard InChI is InChI=1S/C10H11BrN2S2/c1-12-8(9-5-14-6-13-9)4-7-2-3-10(11)15-7/h2-3,5-6,8,12H,4H2,1H3. The molecule has 80 valence electrons. The fraction of sp³-hybridized carbons (Fsp3) is 0.300. The van der Waals surface area contributed by atoms with Crippen LogP contribution in [-0.4, -0.2) is 12.0 Å². The second-order valence-corrected chi connectivity index (χ2v) is 6.43. The molecule has 2 nitrogen and oxygen atoms in total. The minimum Gasteiger partial charge on any atom is -0.311 e. The second kappa shape index (κ2) is 5.21. The zero-order chi connectivity index (χ0) is 10.7. The first-order valence-corrected chi connectivity index (χ1v) is 7.14. The summed E-state index contributed by atoms with van der Waals surface area (Å²) in [7, 11) is 1.98. The molecule has 2 aromatic heterocycles. The van der Waals surface area contributed by atoms with Crippen molar-refractivity contribution < 1.29 is 0 Å². The lowest BCUT2D eigenvalue weighted by Gasteiger charge is -2.12. The van der Waals surface area contributed by atoms with Crippen LogP contribution in [0.5, 0.6) is 0 Å². The van der Waals surface area contributed by atoms with Gasteiger partial charge >= 0.3 is 0 Å². The van der Waals surface area contributed by atoms with Crippen molar-refractivity contribution in [2.24, 2.45) is 0 Å². The minimum atomic E-state index is 0.321. The third-order valence-electron chi connectivity index (χ3n) is 2.19. The molecule has 5 heteroatoms. The van der Waals surface area contributed by atoms with E-state index in [9.17, 15) is 0 Å². The van der Waals surface area contributed by atoms with Gasteiger partial charge in [-0.3, -0.25) is 0 Å². The Hall–Kier alpha value is -0.230. The van der Waals surface area contributed by atoms with Crippen LogP contribution in [0.4, 0.5) is 0 Å². The molecule has 0 aliphatic rings. The van der Waals surface area contributed by atoms with Crippen LogP contribution in [0.15, 0.2) is 26.8 Å². The molecule has 1 atom stereocenters. The Morgan fingerprint density at radius 2 is 2.40 bits per heavy atom. The number of hydrogen-bond acceptors (Lipinski definition) is 4. The van der Waals surface area contributed by atoms with Gasteiger partial charge in [-0.25, -0.2) is 4.98 Å². The number of nitrogens with one attached hydrogen (secondary N) is 1. The van der Waals surface area contributed by atoms with Gasteiger partial charge in [0.25, 0.3) is 0 Å². The van der Waals surface area contributed by atoms with Gasteiger partial charge in [-0.2, -0.15) is 0 Å². The maximum Gasteiger partial charge on any atom is 0.0795 e.